The number of rotatable bonds is 9. The minimum Gasteiger partial charge on any atom is -0.493 e. The quantitative estimate of drug-likeness (QED) is 0.546. The Balaban J connectivity index is 0.00000210. The van der Waals surface area contributed by atoms with Crippen LogP contribution in [0.25, 0.3) is 0 Å². The van der Waals surface area contributed by atoms with Gasteiger partial charge in [0.25, 0.3) is 0 Å². The summed E-state index contributed by atoms with van der Waals surface area (Å²) in [5.74, 6) is 1.43. The molecule has 1 aliphatic rings. The van der Waals surface area contributed by atoms with Crippen LogP contribution in [0.15, 0.2) is 42.5 Å². The number of ether oxygens (including phenoxy) is 2. The number of likely N-dealkylation sites (tertiary alicyclic amines) is 1. The zero-order valence-electron chi connectivity index (χ0n) is 17.0. The first-order valence-electron chi connectivity index (χ1n) is 9.69. The molecule has 2 aromatic carbocycles. The van der Waals surface area contributed by atoms with E-state index >= 15 is 0 Å². The largest absolute Gasteiger partial charge is 0.493 e. The molecule has 1 fully saturated rings. The highest BCUT2D eigenvalue weighted by Crippen LogP contribution is 2.35. The van der Waals surface area contributed by atoms with Crippen molar-refractivity contribution < 1.29 is 9.47 Å². The maximum Gasteiger partial charge on any atom is 0.166 e. The van der Waals surface area contributed by atoms with Gasteiger partial charge in [-0.05, 0) is 37.6 Å². The summed E-state index contributed by atoms with van der Waals surface area (Å²) in [6.07, 6.45) is 2.55. The van der Waals surface area contributed by atoms with E-state index in [0.29, 0.717) is 30.0 Å². The molecule has 1 N–H and O–H groups in total. The highest BCUT2D eigenvalue weighted by Gasteiger charge is 2.22. The van der Waals surface area contributed by atoms with E-state index in [1.807, 2.05) is 24.3 Å². The summed E-state index contributed by atoms with van der Waals surface area (Å²) in [6, 6.07) is 14.5. The first-order chi connectivity index (χ1) is 13.2. The Morgan fingerprint density at radius 1 is 1.17 bits per heavy atom. The van der Waals surface area contributed by atoms with Gasteiger partial charge in [0.05, 0.1) is 7.11 Å². The lowest BCUT2D eigenvalue weighted by molar-refractivity contribution is 0.258. The van der Waals surface area contributed by atoms with Crippen molar-refractivity contribution in [3.63, 3.8) is 0 Å². The predicted octanol–water partition coefficient (Wildman–Crippen LogP) is 5.35. The zero-order chi connectivity index (χ0) is 19.1. The first-order valence-corrected chi connectivity index (χ1v) is 10.1. The fraction of sp³-hybridized carbons (Fsp3) is 0.455. The van der Waals surface area contributed by atoms with Crippen molar-refractivity contribution in [2.45, 2.75) is 39.0 Å². The van der Waals surface area contributed by atoms with E-state index in [1.54, 1.807) is 13.2 Å². The SMILES string of the molecule is CCN1CCCC1CNCc1cc(Cl)cc(OC)c1OCc1ccccc1.Cl.Cl. The van der Waals surface area contributed by atoms with Crippen LogP contribution in [0.1, 0.15) is 30.9 Å². The minimum atomic E-state index is 0. The molecule has 0 aliphatic carbocycles. The number of methoxy groups -OCH3 is 1. The van der Waals surface area contributed by atoms with Crippen LogP contribution in [0, 0.1) is 0 Å². The summed E-state index contributed by atoms with van der Waals surface area (Å²) in [4.78, 5) is 2.54. The first kappa shape index (κ1) is 25.9. The van der Waals surface area contributed by atoms with Crippen LogP contribution < -0.4 is 14.8 Å². The second-order valence-corrected chi connectivity index (χ2v) is 7.36. The molecule has 2 aromatic rings. The second kappa shape index (κ2) is 13.2. The Kier molecular flexibility index (Phi) is 11.8. The summed E-state index contributed by atoms with van der Waals surface area (Å²) < 4.78 is 11.7. The van der Waals surface area contributed by atoms with E-state index in [0.717, 1.165) is 30.0 Å². The molecular formula is C22H31Cl3N2O2. The zero-order valence-corrected chi connectivity index (χ0v) is 19.4. The van der Waals surface area contributed by atoms with E-state index in [4.69, 9.17) is 21.1 Å². The lowest BCUT2D eigenvalue weighted by atomic mass is 10.1. The van der Waals surface area contributed by atoms with Crippen LogP contribution in [0.2, 0.25) is 5.02 Å². The summed E-state index contributed by atoms with van der Waals surface area (Å²) in [5, 5.41) is 4.25. The standard InChI is InChI=1S/C22H29ClN2O2.2ClH/c1-3-25-11-7-10-20(25)15-24-14-18-12-19(23)13-21(26-2)22(18)27-16-17-8-5-4-6-9-17;;/h4-6,8-9,12-13,20,24H,3,7,10-11,14-16H2,1-2H3;2*1H. The van der Waals surface area contributed by atoms with Crippen LogP contribution in [-0.2, 0) is 13.2 Å². The van der Waals surface area contributed by atoms with Gasteiger partial charge in [-0.15, -0.1) is 24.8 Å². The molecule has 0 radical (unpaired) electrons. The summed E-state index contributed by atoms with van der Waals surface area (Å²) in [5.41, 5.74) is 2.15. The molecule has 0 aromatic heterocycles. The molecule has 3 rings (SSSR count). The van der Waals surface area contributed by atoms with Crippen LogP contribution >= 0.6 is 36.4 Å². The molecule has 0 amide bonds. The summed E-state index contributed by atoms with van der Waals surface area (Å²) in [6.45, 7) is 6.73. The van der Waals surface area contributed by atoms with Gasteiger partial charge in [-0.25, -0.2) is 0 Å². The topological polar surface area (TPSA) is 33.7 Å². The molecule has 4 nitrogen and oxygen atoms in total. The smallest absolute Gasteiger partial charge is 0.166 e. The van der Waals surface area contributed by atoms with E-state index in [2.05, 4.69) is 29.3 Å². The number of likely N-dealkylation sites (N-methyl/N-ethyl adjacent to an activating group) is 1. The molecule has 1 aliphatic heterocycles. The maximum atomic E-state index is 6.30. The van der Waals surface area contributed by atoms with Crippen LogP contribution in [-0.4, -0.2) is 37.7 Å². The maximum absolute atomic E-state index is 6.30. The van der Waals surface area contributed by atoms with Crippen molar-refractivity contribution in [2.24, 2.45) is 0 Å². The average molecular weight is 462 g/mol. The fourth-order valence-electron chi connectivity index (χ4n) is 3.72. The van der Waals surface area contributed by atoms with Gasteiger partial charge in [0.15, 0.2) is 11.5 Å². The predicted molar refractivity (Wildman–Crippen MR) is 125 cm³/mol. The Bertz CT molecular complexity index is 731. The summed E-state index contributed by atoms with van der Waals surface area (Å²) >= 11 is 6.30. The van der Waals surface area contributed by atoms with E-state index in [-0.39, 0.29) is 24.8 Å². The highest BCUT2D eigenvalue weighted by molar-refractivity contribution is 6.30. The van der Waals surface area contributed by atoms with Gasteiger partial charge in [0, 0.05) is 35.8 Å². The normalized spacial score (nSPS) is 16.0. The lowest BCUT2D eigenvalue weighted by Gasteiger charge is -2.23. The van der Waals surface area contributed by atoms with Gasteiger partial charge in [-0.3, -0.25) is 4.90 Å². The van der Waals surface area contributed by atoms with E-state index in [9.17, 15) is 0 Å². The Labute approximate surface area is 191 Å². The van der Waals surface area contributed by atoms with E-state index < -0.39 is 0 Å². The Morgan fingerprint density at radius 3 is 2.62 bits per heavy atom. The molecule has 1 unspecified atom stereocenters. The van der Waals surface area contributed by atoms with Crippen molar-refractivity contribution in [2.75, 3.05) is 26.7 Å². The van der Waals surface area contributed by atoms with Gasteiger partial charge < -0.3 is 14.8 Å². The van der Waals surface area contributed by atoms with Gasteiger partial charge in [0.1, 0.15) is 6.61 Å². The number of benzene rings is 2. The highest BCUT2D eigenvalue weighted by atomic mass is 35.5. The van der Waals surface area contributed by atoms with Gasteiger partial charge in [-0.1, -0.05) is 48.9 Å². The molecule has 0 saturated carbocycles. The van der Waals surface area contributed by atoms with Crippen molar-refractivity contribution in [3.05, 3.63) is 58.6 Å². The van der Waals surface area contributed by atoms with Gasteiger partial charge in [-0.2, -0.15) is 0 Å². The van der Waals surface area contributed by atoms with E-state index in [1.165, 1.54) is 19.4 Å². The number of hydrogen-bond donors (Lipinski definition) is 1. The van der Waals surface area contributed by atoms with Crippen molar-refractivity contribution in [1.82, 2.24) is 10.2 Å². The molecule has 0 bridgehead atoms. The van der Waals surface area contributed by atoms with Gasteiger partial charge >= 0.3 is 0 Å². The number of nitrogens with one attached hydrogen (secondary N) is 1. The number of halogens is 3. The monoisotopic (exact) mass is 460 g/mol. The van der Waals surface area contributed by atoms with Crippen LogP contribution in [0.5, 0.6) is 11.5 Å². The minimum absolute atomic E-state index is 0. The summed E-state index contributed by atoms with van der Waals surface area (Å²) in [7, 11) is 1.65. The lowest BCUT2D eigenvalue weighted by Crippen LogP contribution is -2.37. The number of hydrogen-bond acceptors (Lipinski definition) is 4. The molecule has 29 heavy (non-hydrogen) atoms. The van der Waals surface area contributed by atoms with Crippen LogP contribution in [0.4, 0.5) is 0 Å². The number of nitrogens with zero attached hydrogens (tertiary/aromatic N) is 1. The molecule has 1 heterocycles. The van der Waals surface area contributed by atoms with Gasteiger partial charge in [0.2, 0.25) is 0 Å². The molecular weight excluding hydrogens is 431 g/mol. The average Bonchev–Trinajstić information content (AvgIpc) is 3.15. The molecule has 1 atom stereocenters. The molecule has 1 saturated heterocycles. The fourth-order valence-corrected chi connectivity index (χ4v) is 3.95. The second-order valence-electron chi connectivity index (χ2n) is 6.93. The van der Waals surface area contributed by atoms with Crippen LogP contribution in [0.3, 0.4) is 0 Å². The van der Waals surface area contributed by atoms with Crippen molar-refractivity contribution in [3.8, 4) is 11.5 Å². The third-order valence-corrected chi connectivity index (χ3v) is 5.36. The third-order valence-electron chi connectivity index (χ3n) is 5.14. The Hall–Kier alpha value is -1.17. The van der Waals surface area contributed by atoms with Crippen molar-refractivity contribution in [1.29, 1.82) is 0 Å². The third kappa shape index (κ3) is 7.23. The molecule has 7 heteroatoms. The van der Waals surface area contributed by atoms with Crippen molar-refractivity contribution >= 4 is 36.4 Å². The Morgan fingerprint density at radius 2 is 1.93 bits per heavy atom. The molecule has 162 valence electrons. The molecule has 0 spiro atoms.